The minimum atomic E-state index is 0.0339. The molecule has 3 heterocycles. The van der Waals surface area contributed by atoms with Crippen molar-refractivity contribution >= 4 is 5.91 Å². The van der Waals surface area contributed by atoms with Crippen LogP contribution in [0.2, 0.25) is 0 Å². The number of para-hydroxylation sites is 1. The Morgan fingerprint density at radius 3 is 3.08 bits per heavy atom. The van der Waals surface area contributed by atoms with Crippen molar-refractivity contribution in [3.63, 3.8) is 0 Å². The molecule has 0 bridgehead atoms. The highest BCUT2D eigenvalue weighted by molar-refractivity contribution is 5.98. The fourth-order valence-corrected chi connectivity index (χ4v) is 3.54. The van der Waals surface area contributed by atoms with Crippen LogP contribution in [0.3, 0.4) is 0 Å². The first-order valence-electron chi connectivity index (χ1n) is 8.47. The minimum absolute atomic E-state index is 0.0339. The summed E-state index contributed by atoms with van der Waals surface area (Å²) in [6.45, 7) is 2.57. The first-order chi connectivity index (χ1) is 11.8. The molecule has 2 aliphatic rings. The Kier molecular flexibility index (Phi) is 4.11. The number of aromatic nitrogens is 2. The summed E-state index contributed by atoms with van der Waals surface area (Å²) < 4.78 is 11.3. The van der Waals surface area contributed by atoms with Crippen LogP contribution in [-0.2, 0) is 6.42 Å². The number of carbonyl (C=O) groups is 1. The number of fused-ring (bicyclic) bond motifs is 1. The number of nitrogens with one attached hydrogen (secondary N) is 1. The van der Waals surface area contributed by atoms with E-state index in [0.29, 0.717) is 36.2 Å². The minimum Gasteiger partial charge on any atom is -0.486 e. The van der Waals surface area contributed by atoms with Gasteiger partial charge in [0.15, 0.2) is 11.5 Å². The Labute approximate surface area is 140 Å². The Balaban J connectivity index is 1.50. The van der Waals surface area contributed by atoms with Gasteiger partial charge in [-0.1, -0.05) is 6.07 Å². The third-order valence-electron chi connectivity index (χ3n) is 4.67. The van der Waals surface area contributed by atoms with Gasteiger partial charge >= 0.3 is 0 Å². The van der Waals surface area contributed by atoms with Crippen LogP contribution in [0.5, 0.6) is 11.5 Å². The van der Waals surface area contributed by atoms with Gasteiger partial charge in [0.05, 0.1) is 5.56 Å². The number of H-pyrrole nitrogens is 1. The van der Waals surface area contributed by atoms with E-state index in [2.05, 4.69) is 10.2 Å². The molecule has 2 aliphatic heterocycles. The molecule has 1 fully saturated rings. The second-order valence-electron chi connectivity index (χ2n) is 6.38. The van der Waals surface area contributed by atoms with Crippen molar-refractivity contribution in [1.82, 2.24) is 15.1 Å². The second-order valence-corrected chi connectivity index (χ2v) is 6.38. The molecular formula is C18H21N3O3. The number of likely N-dealkylation sites (tertiary alicyclic amines) is 1. The number of nitrogens with zero attached hydrogens (tertiary/aromatic N) is 2. The number of carbonyl (C=O) groups excluding carboxylic acids is 1. The topological polar surface area (TPSA) is 67.5 Å². The summed E-state index contributed by atoms with van der Waals surface area (Å²) in [6.07, 6.45) is 4.86. The van der Waals surface area contributed by atoms with E-state index in [4.69, 9.17) is 9.47 Å². The maximum atomic E-state index is 13.0. The summed E-state index contributed by atoms with van der Waals surface area (Å²) >= 11 is 0. The highest BCUT2D eigenvalue weighted by Crippen LogP contribution is 2.35. The first kappa shape index (κ1) is 15.1. The van der Waals surface area contributed by atoms with E-state index >= 15 is 0 Å². The van der Waals surface area contributed by atoms with Gasteiger partial charge in [0.2, 0.25) is 0 Å². The van der Waals surface area contributed by atoms with E-state index in [0.717, 1.165) is 38.0 Å². The summed E-state index contributed by atoms with van der Waals surface area (Å²) in [5.41, 5.74) is 1.73. The van der Waals surface area contributed by atoms with Gasteiger partial charge in [-0.2, -0.15) is 5.10 Å². The molecule has 4 rings (SSSR count). The molecule has 0 radical (unpaired) electrons. The van der Waals surface area contributed by atoms with Gasteiger partial charge in [0.1, 0.15) is 13.2 Å². The largest absolute Gasteiger partial charge is 0.486 e. The molecule has 0 unspecified atom stereocenters. The molecule has 0 aliphatic carbocycles. The predicted octanol–water partition coefficient (Wildman–Crippen LogP) is 2.28. The normalized spacial score (nSPS) is 20.0. The Morgan fingerprint density at radius 1 is 1.29 bits per heavy atom. The molecule has 1 amide bonds. The number of hydrogen-bond acceptors (Lipinski definition) is 4. The van der Waals surface area contributed by atoms with Gasteiger partial charge in [0, 0.05) is 25.0 Å². The van der Waals surface area contributed by atoms with Crippen molar-refractivity contribution in [2.75, 3.05) is 26.3 Å². The first-order valence-corrected chi connectivity index (χ1v) is 8.47. The number of ether oxygens (including phenoxy) is 2. The van der Waals surface area contributed by atoms with Gasteiger partial charge in [-0.05, 0) is 43.4 Å². The molecule has 2 aromatic rings. The van der Waals surface area contributed by atoms with Crippen LogP contribution in [0, 0.1) is 5.92 Å². The highest BCUT2D eigenvalue weighted by Gasteiger charge is 2.28. The lowest BCUT2D eigenvalue weighted by atomic mass is 9.93. The molecule has 6 nitrogen and oxygen atoms in total. The average molecular weight is 327 g/mol. The molecule has 1 aromatic carbocycles. The molecule has 126 valence electrons. The SMILES string of the molecule is O=C(c1cccc2c1OCCO2)N1CCC[C@H](Cc2ccn[nH]2)C1. The lowest BCUT2D eigenvalue weighted by Gasteiger charge is -2.33. The number of amides is 1. The molecule has 6 heteroatoms. The summed E-state index contributed by atoms with van der Waals surface area (Å²) in [6, 6.07) is 7.53. The van der Waals surface area contributed by atoms with Gasteiger partial charge in [-0.25, -0.2) is 0 Å². The summed E-state index contributed by atoms with van der Waals surface area (Å²) in [7, 11) is 0. The zero-order chi connectivity index (χ0) is 16.4. The van der Waals surface area contributed by atoms with Crippen LogP contribution in [0.15, 0.2) is 30.5 Å². The predicted molar refractivity (Wildman–Crippen MR) is 88.4 cm³/mol. The lowest BCUT2D eigenvalue weighted by molar-refractivity contribution is 0.0663. The van der Waals surface area contributed by atoms with Crippen LogP contribution in [-0.4, -0.2) is 47.3 Å². The van der Waals surface area contributed by atoms with Crippen molar-refractivity contribution in [3.8, 4) is 11.5 Å². The quantitative estimate of drug-likeness (QED) is 0.939. The monoisotopic (exact) mass is 327 g/mol. The number of rotatable bonds is 3. The van der Waals surface area contributed by atoms with Crippen LogP contribution in [0.4, 0.5) is 0 Å². The smallest absolute Gasteiger partial charge is 0.257 e. The second kappa shape index (κ2) is 6.55. The number of aromatic amines is 1. The Morgan fingerprint density at radius 2 is 2.21 bits per heavy atom. The molecule has 0 saturated carbocycles. The van der Waals surface area contributed by atoms with Gasteiger partial charge in [0.25, 0.3) is 5.91 Å². The molecule has 1 aromatic heterocycles. The van der Waals surface area contributed by atoms with Crippen LogP contribution in [0.1, 0.15) is 28.9 Å². The fourth-order valence-electron chi connectivity index (χ4n) is 3.54. The summed E-state index contributed by atoms with van der Waals surface area (Å²) in [5, 5.41) is 7.01. The fraction of sp³-hybridized carbons (Fsp3) is 0.444. The van der Waals surface area contributed by atoms with E-state index < -0.39 is 0 Å². The average Bonchev–Trinajstić information content (AvgIpc) is 3.14. The molecule has 0 spiro atoms. The van der Waals surface area contributed by atoms with E-state index in [1.165, 1.54) is 0 Å². The van der Waals surface area contributed by atoms with E-state index in [9.17, 15) is 4.79 Å². The highest BCUT2D eigenvalue weighted by atomic mass is 16.6. The Hall–Kier alpha value is -2.50. The molecule has 1 atom stereocenters. The lowest BCUT2D eigenvalue weighted by Crippen LogP contribution is -2.40. The van der Waals surface area contributed by atoms with Crippen molar-refractivity contribution in [2.24, 2.45) is 5.92 Å². The van der Waals surface area contributed by atoms with Crippen LogP contribution >= 0.6 is 0 Å². The van der Waals surface area contributed by atoms with E-state index in [1.807, 2.05) is 29.2 Å². The molecular weight excluding hydrogens is 306 g/mol. The molecule has 1 saturated heterocycles. The van der Waals surface area contributed by atoms with Crippen LogP contribution in [0.25, 0.3) is 0 Å². The molecule has 24 heavy (non-hydrogen) atoms. The standard InChI is InChI=1S/C18H21N3O3/c22-18(15-4-1-5-16-17(15)24-10-9-23-16)21-8-2-3-13(12-21)11-14-6-7-19-20-14/h1,4-7,13H,2-3,8-12H2,(H,19,20)/t13-/m1/s1. The zero-order valence-corrected chi connectivity index (χ0v) is 13.5. The number of piperidine rings is 1. The van der Waals surface area contributed by atoms with E-state index in [-0.39, 0.29) is 5.91 Å². The number of hydrogen-bond donors (Lipinski definition) is 1. The van der Waals surface area contributed by atoms with Crippen molar-refractivity contribution < 1.29 is 14.3 Å². The number of benzene rings is 1. The third kappa shape index (κ3) is 2.96. The zero-order valence-electron chi connectivity index (χ0n) is 13.5. The van der Waals surface area contributed by atoms with Gasteiger partial charge in [-0.15, -0.1) is 0 Å². The maximum Gasteiger partial charge on any atom is 0.257 e. The van der Waals surface area contributed by atoms with Crippen molar-refractivity contribution in [2.45, 2.75) is 19.3 Å². The van der Waals surface area contributed by atoms with Gasteiger partial charge < -0.3 is 14.4 Å². The molecule has 1 N–H and O–H groups in total. The Bertz CT molecular complexity index is 714. The van der Waals surface area contributed by atoms with Gasteiger partial charge in [-0.3, -0.25) is 9.89 Å². The third-order valence-corrected chi connectivity index (χ3v) is 4.67. The van der Waals surface area contributed by atoms with Crippen molar-refractivity contribution in [3.05, 3.63) is 41.7 Å². The van der Waals surface area contributed by atoms with Crippen molar-refractivity contribution in [1.29, 1.82) is 0 Å². The summed E-state index contributed by atoms with van der Waals surface area (Å²) in [4.78, 5) is 14.9. The van der Waals surface area contributed by atoms with E-state index in [1.54, 1.807) is 6.20 Å². The maximum absolute atomic E-state index is 13.0. The summed E-state index contributed by atoms with van der Waals surface area (Å²) in [5.74, 6) is 1.74. The van der Waals surface area contributed by atoms with Crippen LogP contribution < -0.4 is 9.47 Å².